The van der Waals surface area contributed by atoms with Crippen molar-refractivity contribution in [1.29, 1.82) is 0 Å². The smallest absolute Gasteiger partial charge is 0.314 e. The number of hydrogen-bond acceptors (Lipinski definition) is 5. The highest BCUT2D eigenvalue weighted by atomic mass is 16.7. The van der Waals surface area contributed by atoms with Crippen molar-refractivity contribution in [3.8, 4) is 0 Å². The van der Waals surface area contributed by atoms with E-state index in [1.165, 1.54) is 7.11 Å². The largest absolute Gasteiger partial charge is 0.469 e. The Morgan fingerprint density at radius 1 is 1.14 bits per heavy atom. The summed E-state index contributed by atoms with van der Waals surface area (Å²) in [4.78, 5) is 12.6. The molecule has 1 saturated heterocycles. The molecule has 2 saturated carbocycles. The Labute approximate surface area is 132 Å². The molecule has 126 valence electrons. The summed E-state index contributed by atoms with van der Waals surface area (Å²) in [6.45, 7) is 7.43. The molecule has 4 atom stereocenters. The first kappa shape index (κ1) is 16.2. The van der Waals surface area contributed by atoms with Crippen molar-refractivity contribution in [2.45, 2.75) is 58.3 Å². The fraction of sp³-hybridized carbons (Fsp3) is 0.941. The Morgan fingerprint density at radius 2 is 1.77 bits per heavy atom. The summed E-state index contributed by atoms with van der Waals surface area (Å²) in [7, 11) is 1.43. The van der Waals surface area contributed by atoms with E-state index in [0.29, 0.717) is 26.1 Å². The molecule has 5 heteroatoms. The Hall–Kier alpha value is -0.650. The summed E-state index contributed by atoms with van der Waals surface area (Å²) in [5, 5.41) is 10.5. The van der Waals surface area contributed by atoms with E-state index >= 15 is 0 Å². The summed E-state index contributed by atoms with van der Waals surface area (Å²) < 4.78 is 17.0. The van der Waals surface area contributed by atoms with Gasteiger partial charge in [-0.2, -0.15) is 0 Å². The molecule has 3 fully saturated rings. The molecule has 22 heavy (non-hydrogen) atoms. The Kier molecular flexibility index (Phi) is 3.82. The molecule has 1 aliphatic heterocycles. The summed E-state index contributed by atoms with van der Waals surface area (Å²) in [5.41, 5.74) is -0.502. The number of methoxy groups -OCH3 is 1. The van der Waals surface area contributed by atoms with Gasteiger partial charge in [-0.25, -0.2) is 0 Å². The first-order chi connectivity index (χ1) is 10.3. The number of carbonyl (C=O) groups excluding carboxylic acids is 1. The number of hydrogen-bond donors (Lipinski definition) is 1. The molecular formula is C17H28O5. The predicted octanol–water partition coefficient (Wildman–Crippen LogP) is 2.12. The molecule has 3 rings (SSSR count). The van der Waals surface area contributed by atoms with Crippen molar-refractivity contribution < 1.29 is 24.1 Å². The molecule has 1 heterocycles. The molecule has 0 aromatic carbocycles. The number of fused-ring (bicyclic) bond motifs is 1. The van der Waals surface area contributed by atoms with Crippen molar-refractivity contribution in [1.82, 2.24) is 0 Å². The lowest BCUT2D eigenvalue weighted by Gasteiger charge is -2.61. The monoisotopic (exact) mass is 312 g/mol. The van der Waals surface area contributed by atoms with Gasteiger partial charge in [-0.15, -0.1) is 0 Å². The molecule has 0 aromatic heterocycles. The number of ether oxygens (including phenoxy) is 3. The van der Waals surface area contributed by atoms with Gasteiger partial charge in [0, 0.05) is 6.42 Å². The topological polar surface area (TPSA) is 65.0 Å². The highest BCUT2D eigenvalue weighted by Gasteiger charge is 2.66. The van der Waals surface area contributed by atoms with Crippen LogP contribution in [0, 0.1) is 22.7 Å². The maximum atomic E-state index is 12.6. The quantitative estimate of drug-likeness (QED) is 0.751. The third-order valence-corrected chi connectivity index (χ3v) is 6.60. The molecule has 0 bridgehead atoms. The van der Waals surface area contributed by atoms with E-state index in [9.17, 15) is 9.90 Å². The van der Waals surface area contributed by atoms with E-state index in [0.717, 1.165) is 12.8 Å². The van der Waals surface area contributed by atoms with Crippen molar-refractivity contribution in [2.75, 3.05) is 20.3 Å². The second-order valence-electron chi connectivity index (χ2n) is 7.94. The SMILES string of the molecule is COC(=O)[C@@H]1C2(CC[C@@H]3C(C)(C)[C@@H](O)CC[C@@]13C)OCCO2. The Balaban J connectivity index is 2.04. The van der Waals surface area contributed by atoms with Gasteiger partial charge in [0.15, 0.2) is 5.79 Å². The molecule has 3 aliphatic rings. The molecule has 0 amide bonds. The zero-order valence-corrected chi connectivity index (χ0v) is 14.1. The molecule has 0 aromatic rings. The molecule has 2 aliphatic carbocycles. The van der Waals surface area contributed by atoms with E-state index in [-0.39, 0.29) is 28.8 Å². The molecule has 1 spiro atoms. The van der Waals surface area contributed by atoms with Crippen LogP contribution in [-0.4, -0.2) is 43.3 Å². The van der Waals surface area contributed by atoms with Crippen LogP contribution in [0.2, 0.25) is 0 Å². The zero-order chi connectivity index (χ0) is 16.2. The lowest BCUT2D eigenvalue weighted by Crippen LogP contribution is -2.64. The fourth-order valence-corrected chi connectivity index (χ4v) is 5.46. The van der Waals surface area contributed by atoms with Crippen LogP contribution in [0.15, 0.2) is 0 Å². The second kappa shape index (κ2) is 5.18. The van der Waals surface area contributed by atoms with Gasteiger partial charge in [0.2, 0.25) is 0 Å². The first-order valence-electron chi connectivity index (χ1n) is 8.32. The van der Waals surface area contributed by atoms with Crippen LogP contribution in [0.25, 0.3) is 0 Å². The molecule has 0 radical (unpaired) electrons. The Morgan fingerprint density at radius 3 is 2.36 bits per heavy atom. The van der Waals surface area contributed by atoms with Gasteiger partial charge in [0.1, 0.15) is 5.92 Å². The van der Waals surface area contributed by atoms with Gasteiger partial charge in [-0.1, -0.05) is 20.8 Å². The highest BCUT2D eigenvalue weighted by Crippen LogP contribution is 2.63. The summed E-state index contributed by atoms with van der Waals surface area (Å²) >= 11 is 0. The van der Waals surface area contributed by atoms with Crippen LogP contribution in [0.3, 0.4) is 0 Å². The van der Waals surface area contributed by atoms with Gasteiger partial charge in [0.05, 0.1) is 26.4 Å². The van der Waals surface area contributed by atoms with Gasteiger partial charge in [-0.3, -0.25) is 4.79 Å². The number of carbonyl (C=O) groups is 1. The number of aliphatic hydroxyl groups excluding tert-OH is 1. The van der Waals surface area contributed by atoms with Crippen LogP contribution >= 0.6 is 0 Å². The maximum absolute atomic E-state index is 12.6. The minimum atomic E-state index is -0.837. The minimum absolute atomic E-state index is 0.223. The lowest BCUT2D eigenvalue weighted by atomic mass is 9.46. The Bertz CT molecular complexity index is 454. The van der Waals surface area contributed by atoms with E-state index < -0.39 is 11.7 Å². The second-order valence-corrected chi connectivity index (χ2v) is 7.94. The van der Waals surface area contributed by atoms with E-state index in [4.69, 9.17) is 14.2 Å². The van der Waals surface area contributed by atoms with Crippen LogP contribution in [0.4, 0.5) is 0 Å². The molecular weight excluding hydrogens is 284 g/mol. The summed E-state index contributed by atoms with van der Waals surface area (Å²) in [6.07, 6.45) is 2.74. The van der Waals surface area contributed by atoms with Crippen LogP contribution in [0.1, 0.15) is 46.5 Å². The number of rotatable bonds is 1. The molecule has 5 nitrogen and oxygen atoms in total. The minimum Gasteiger partial charge on any atom is -0.469 e. The summed E-state index contributed by atoms with van der Waals surface area (Å²) in [6, 6.07) is 0. The van der Waals surface area contributed by atoms with E-state index in [1.807, 2.05) is 0 Å². The van der Waals surface area contributed by atoms with Crippen LogP contribution in [0.5, 0.6) is 0 Å². The van der Waals surface area contributed by atoms with Crippen LogP contribution < -0.4 is 0 Å². The highest BCUT2D eigenvalue weighted by molar-refractivity contribution is 5.75. The van der Waals surface area contributed by atoms with Crippen molar-refractivity contribution in [2.24, 2.45) is 22.7 Å². The van der Waals surface area contributed by atoms with Gasteiger partial charge < -0.3 is 19.3 Å². The van der Waals surface area contributed by atoms with Crippen LogP contribution in [-0.2, 0) is 19.0 Å². The first-order valence-corrected chi connectivity index (χ1v) is 8.32. The summed E-state index contributed by atoms with van der Waals surface area (Å²) in [5.74, 6) is -1.28. The maximum Gasteiger partial charge on any atom is 0.314 e. The predicted molar refractivity (Wildman–Crippen MR) is 80.0 cm³/mol. The molecule has 0 unspecified atom stereocenters. The number of aliphatic hydroxyl groups is 1. The van der Waals surface area contributed by atoms with E-state index in [2.05, 4.69) is 20.8 Å². The average Bonchev–Trinajstić information content (AvgIpc) is 2.91. The van der Waals surface area contributed by atoms with Crippen molar-refractivity contribution >= 4 is 5.97 Å². The number of esters is 1. The van der Waals surface area contributed by atoms with Gasteiger partial charge >= 0.3 is 5.97 Å². The average molecular weight is 312 g/mol. The van der Waals surface area contributed by atoms with Crippen molar-refractivity contribution in [3.05, 3.63) is 0 Å². The third-order valence-electron chi connectivity index (χ3n) is 6.60. The van der Waals surface area contributed by atoms with E-state index in [1.54, 1.807) is 0 Å². The lowest BCUT2D eigenvalue weighted by molar-refractivity contribution is -0.278. The van der Waals surface area contributed by atoms with Gasteiger partial charge in [0.25, 0.3) is 0 Å². The third kappa shape index (κ3) is 2.05. The zero-order valence-electron chi connectivity index (χ0n) is 14.1. The fourth-order valence-electron chi connectivity index (χ4n) is 5.46. The standard InChI is InChI=1S/C17H28O5/c1-15(2)11-5-8-17(21-9-10-22-17)13(14(19)20-4)16(11,3)7-6-12(15)18/h11-13,18H,5-10H2,1-4H3/t11-,12+,13+,16-/m1/s1. The normalized spacial score (nSPS) is 42.9. The van der Waals surface area contributed by atoms with Crippen molar-refractivity contribution in [3.63, 3.8) is 0 Å². The van der Waals surface area contributed by atoms with Gasteiger partial charge in [-0.05, 0) is 36.0 Å². The molecule has 1 N–H and O–H groups in total.